The van der Waals surface area contributed by atoms with Crippen LogP contribution in [0, 0.1) is 5.41 Å². The van der Waals surface area contributed by atoms with Crippen molar-refractivity contribution in [3.05, 3.63) is 19.2 Å². The molecule has 0 fully saturated rings. The van der Waals surface area contributed by atoms with Crippen molar-refractivity contribution in [2.24, 2.45) is 5.41 Å². The number of halogens is 2. The summed E-state index contributed by atoms with van der Waals surface area (Å²) >= 11 is 8.07. The van der Waals surface area contributed by atoms with Crippen LogP contribution in [0.3, 0.4) is 0 Å². The Morgan fingerprint density at radius 2 is 2.12 bits per heavy atom. The van der Waals surface area contributed by atoms with E-state index in [-0.39, 0.29) is 6.42 Å². The minimum Gasteiger partial charge on any atom is -0.481 e. The number of hydrogen-bond acceptors (Lipinski definition) is 3. The quantitative estimate of drug-likeness (QED) is 0.846. The lowest BCUT2D eigenvalue weighted by molar-refractivity contribution is -0.148. The number of carbonyl (C=O) groups is 1. The Bertz CT molecular complexity index is 381. The van der Waals surface area contributed by atoms with Crippen LogP contribution in [0.1, 0.15) is 31.2 Å². The van der Waals surface area contributed by atoms with E-state index in [1.807, 2.05) is 0 Å². The highest BCUT2D eigenvalue weighted by molar-refractivity contribution is 9.13. The molecule has 0 saturated heterocycles. The predicted molar refractivity (Wildman–Crippen MR) is 70.7 cm³/mol. The van der Waals surface area contributed by atoms with Gasteiger partial charge in [0.2, 0.25) is 0 Å². The molecular formula is C10H12Br2O3S. The van der Waals surface area contributed by atoms with Crippen LogP contribution in [0.2, 0.25) is 0 Å². The third-order valence-corrected chi connectivity index (χ3v) is 5.63. The first-order valence-corrected chi connectivity index (χ1v) is 7.00. The van der Waals surface area contributed by atoms with Crippen molar-refractivity contribution in [3.63, 3.8) is 0 Å². The van der Waals surface area contributed by atoms with Gasteiger partial charge >= 0.3 is 5.97 Å². The third kappa shape index (κ3) is 3.29. The molecular weight excluding hydrogens is 360 g/mol. The number of carboxylic acid groups (broad SMARTS) is 1. The molecule has 1 heterocycles. The second-order valence-corrected chi connectivity index (χ2v) is 7.44. The molecule has 0 aromatic carbocycles. The molecule has 0 aliphatic heterocycles. The lowest BCUT2D eigenvalue weighted by Gasteiger charge is -2.21. The van der Waals surface area contributed by atoms with E-state index < -0.39 is 17.5 Å². The van der Waals surface area contributed by atoms with Gasteiger partial charge in [0.25, 0.3) is 0 Å². The zero-order chi connectivity index (χ0) is 12.5. The van der Waals surface area contributed by atoms with Gasteiger partial charge in [-0.15, -0.1) is 11.3 Å². The number of aliphatic carboxylic acids is 1. The Kier molecular flexibility index (Phi) is 4.57. The van der Waals surface area contributed by atoms with Gasteiger partial charge in [-0.2, -0.15) is 0 Å². The van der Waals surface area contributed by atoms with E-state index in [2.05, 4.69) is 31.9 Å². The monoisotopic (exact) mass is 370 g/mol. The number of aliphatic hydroxyl groups is 1. The molecule has 0 saturated carbocycles. The summed E-state index contributed by atoms with van der Waals surface area (Å²) in [6.45, 7) is 3.21. The minimum atomic E-state index is -0.928. The van der Waals surface area contributed by atoms with Gasteiger partial charge in [-0.1, -0.05) is 0 Å². The van der Waals surface area contributed by atoms with Gasteiger partial charge in [0.1, 0.15) is 0 Å². The Balaban J connectivity index is 2.80. The first-order chi connectivity index (χ1) is 7.24. The molecule has 2 N–H and O–H groups in total. The van der Waals surface area contributed by atoms with Gasteiger partial charge in [-0.25, -0.2) is 0 Å². The molecule has 6 heteroatoms. The molecule has 0 amide bonds. The van der Waals surface area contributed by atoms with Crippen molar-refractivity contribution in [1.82, 2.24) is 0 Å². The van der Waals surface area contributed by atoms with E-state index in [0.29, 0.717) is 0 Å². The van der Waals surface area contributed by atoms with Crippen molar-refractivity contribution < 1.29 is 15.0 Å². The number of carboxylic acids is 1. The summed E-state index contributed by atoms with van der Waals surface area (Å²) in [5.74, 6) is -0.902. The molecule has 1 aromatic rings. The van der Waals surface area contributed by atoms with Crippen LogP contribution in [0.4, 0.5) is 0 Å². The molecule has 1 rings (SSSR count). The molecule has 1 atom stereocenters. The van der Waals surface area contributed by atoms with Gasteiger partial charge in [0.15, 0.2) is 0 Å². The normalized spacial score (nSPS) is 13.8. The topological polar surface area (TPSA) is 57.5 Å². The van der Waals surface area contributed by atoms with Crippen LogP contribution >= 0.6 is 43.2 Å². The van der Waals surface area contributed by atoms with E-state index in [0.717, 1.165) is 13.1 Å². The summed E-state index contributed by atoms with van der Waals surface area (Å²) in [4.78, 5) is 11.7. The summed E-state index contributed by atoms with van der Waals surface area (Å²) in [6, 6.07) is 1.80. The number of thiophene rings is 1. The van der Waals surface area contributed by atoms with Gasteiger partial charge in [0.05, 0.1) is 15.3 Å². The Morgan fingerprint density at radius 3 is 2.50 bits per heavy atom. The fraction of sp³-hybridized carbons (Fsp3) is 0.500. The number of rotatable bonds is 4. The van der Waals surface area contributed by atoms with Crippen LogP contribution in [0.15, 0.2) is 14.3 Å². The Morgan fingerprint density at radius 1 is 1.56 bits per heavy atom. The summed E-state index contributed by atoms with van der Waals surface area (Å²) < 4.78 is 1.77. The summed E-state index contributed by atoms with van der Waals surface area (Å²) in [7, 11) is 0. The van der Waals surface area contributed by atoms with E-state index in [9.17, 15) is 9.90 Å². The van der Waals surface area contributed by atoms with Crippen LogP contribution in [0.5, 0.6) is 0 Å². The van der Waals surface area contributed by atoms with Crippen molar-refractivity contribution in [1.29, 1.82) is 0 Å². The van der Waals surface area contributed by atoms with Crippen molar-refractivity contribution >= 4 is 49.2 Å². The van der Waals surface area contributed by atoms with Crippen molar-refractivity contribution in [3.8, 4) is 0 Å². The molecule has 0 spiro atoms. The van der Waals surface area contributed by atoms with E-state index in [1.54, 1.807) is 19.9 Å². The highest BCUT2D eigenvalue weighted by Crippen LogP contribution is 2.39. The van der Waals surface area contributed by atoms with Crippen LogP contribution in [-0.2, 0) is 4.79 Å². The average molecular weight is 372 g/mol. The molecule has 0 bridgehead atoms. The van der Waals surface area contributed by atoms with E-state index >= 15 is 0 Å². The van der Waals surface area contributed by atoms with Gasteiger partial charge in [-0.05, 0) is 58.2 Å². The average Bonchev–Trinajstić information content (AvgIpc) is 2.46. The first kappa shape index (κ1) is 14.2. The third-order valence-electron chi connectivity index (χ3n) is 2.28. The maximum atomic E-state index is 10.9. The van der Waals surface area contributed by atoms with Gasteiger partial charge in [-0.3, -0.25) is 4.79 Å². The van der Waals surface area contributed by atoms with Crippen LogP contribution < -0.4 is 0 Å². The lowest BCUT2D eigenvalue weighted by Crippen LogP contribution is -2.25. The highest BCUT2D eigenvalue weighted by Gasteiger charge is 2.31. The largest absolute Gasteiger partial charge is 0.481 e. The molecule has 1 unspecified atom stereocenters. The fourth-order valence-corrected chi connectivity index (χ4v) is 3.27. The lowest BCUT2D eigenvalue weighted by atomic mass is 9.86. The molecule has 0 radical (unpaired) electrons. The summed E-state index contributed by atoms with van der Waals surface area (Å²) in [6.07, 6.45) is -0.555. The fourth-order valence-electron chi connectivity index (χ4n) is 1.20. The maximum absolute atomic E-state index is 10.9. The van der Waals surface area contributed by atoms with Crippen LogP contribution in [-0.4, -0.2) is 16.2 Å². The molecule has 0 aliphatic rings. The Labute approximate surface area is 115 Å². The molecule has 90 valence electrons. The first-order valence-electron chi connectivity index (χ1n) is 4.60. The van der Waals surface area contributed by atoms with Crippen molar-refractivity contribution in [2.45, 2.75) is 26.4 Å². The Hall–Kier alpha value is 0.0900. The van der Waals surface area contributed by atoms with Gasteiger partial charge < -0.3 is 10.2 Å². The maximum Gasteiger partial charge on any atom is 0.309 e. The van der Waals surface area contributed by atoms with Crippen LogP contribution in [0.25, 0.3) is 0 Å². The molecule has 3 nitrogen and oxygen atoms in total. The SMILES string of the molecule is CC(C)(CC(O)c1cc(Br)c(Br)s1)C(=O)O. The second-order valence-electron chi connectivity index (χ2n) is 4.18. The smallest absolute Gasteiger partial charge is 0.309 e. The van der Waals surface area contributed by atoms with Crippen molar-refractivity contribution in [2.75, 3.05) is 0 Å². The minimum absolute atomic E-state index is 0.196. The summed E-state index contributed by atoms with van der Waals surface area (Å²) in [5.41, 5.74) is -0.928. The zero-order valence-corrected chi connectivity index (χ0v) is 12.8. The zero-order valence-electron chi connectivity index (χ0n) is 8.83. The molecule has 1 aromatic heterocycles. The van der Waals surface area contributed by atoms with E-state index in [1.165, 1.54) is 11.3 Å². The van der Waals surface area contributed by atoms with Gasteiger partial charge in [0, 0.05) is 9.35 Å². The summed E-state index contributed by atoms with van der Waals surface area (Å²) in [5, 5.41) is 18.9. The standard InChI is InChI=1S/C10H12Br2O3S/c1-10(2,9(14)15)4-6(13)7-3-5(11)8(12)16-7/h3,6,13H,4H2,1-2H3,(H,14,15). The second kappa shape index (κ2) is 5.16. The highest BCUT2D eigenvalue weighted by atomic mass is 79.9. The predicted octanol–water partition coefficient (Wildman–Crippen LogP) is 3.81. The number of aliphatic hydroxyl groups excluding tert-OH is 1. The molecule has 0 aliphatic carbocycles. The number of hydrogen-bond donors (Lipinski definition) is 2. The van der Waals surface area contributed by atoms with E-state index in [4.69, 9.17) is 5.11 Å². The molecule has 16 heavy (non-hydrogen) atoms.